The van der Waals surface area contributed by atoms with E-state index in [4.69, 9.17) is 4.52 Å². The average Bonchev–Trinajstić information content (AvgIpc) is 2.92. The number of piperazine rings is 1. The van der Waals surface area contributed by atoms with E-state index in [0.717, 1.165) is 18.7 Å². The van der Waals surface area contributed by atoms with Gasteiger partial charge in [-0.3, -0.25) is 4.90 Å². The monoisotopic (exact) mass is 286 g/mol. The van der Waals surface area contributed by atoms with Crippen LogP contribution in [0, 0.1) is 6.92 Å². The lowest BCUT2D eigenvalue weighted by Gasteiger charge is -2.38. The van der Waals surface area contributed by atoms with E-state index < -0.39 is 0 Å². The van der Waals surface area contributed by atoms with Gasteiger partial charge in [-0.05, 0) is 20.8 Å². The lowest BCUT2D eigenvalue weighted by molar-refractivity contribution is 0.0947. The summed E-state index contributed by atoms with van der Waals surface area (Å²) in [6.07, 6.45) is 0. The van der Waals surface area contributed by atoms with Crippen LogP contribution in [0.3, 0.4) is 0 Å². The minimum Gasteiger partial charge on any atom is -0.338 e. The lowest BCUT2D eigenvalue weighted by Crippen LogP contribution is -2.54. The fraction of sp³-hybridized carbons (Fsp3) is 0.500. The molecule has 1 aromatic heterocycles. The summed E-state index contributed by atoms with van der Waals surface area (Å²) in [6.45, 7) is 9.23. The lowest BCUT2D eigenvalue weighted by atomic mass is 10.1. The van der Waals surface area contributed by atoms with Crippen molar-refractivity contribution in [1.82, 2.24) is 20.4 Å². The van der Waals surface area contributed by atoms with Crippen LogP contribution in [0.5, 0.6) is 0 Å². The molecule has 2 unspecified atom stereocenters. The zero-order valence-electron chi connectivity index (χ0n) is 12.8. The molecule has 0 radical (unpaired) electrons. The molecule has 0 aliphatic carbocycles. The third-order valence-electron chi connectivity index (χ3n) is 4.11. The summed E-state index contributed by atoms with van der Waals surface area (Å²) in [6, 6.07) is 9.13. The number of aromatic nitrogens is 2. The van der Waals surface area contributed by atoms with E-state index in [-0.39, 0.29) is 0 Å². The van der Waals surface area contributed by atoms with Crippen molar-refractivity contribution in [2.75, 3.05) is 13.1 Å². The van der Waals surface area contributed by atoms with Gasteiger partial charge in [-0.25, -0.2) is 0 Å². The molecule has 1 aliphatic heterocycles. The van der Waals surface area contributed by atoms with Gasteiger partial charge in [-0.2, -0.15) is 4.98 Å². The summed E-state index contributed by atoms with van der Waals surface area (Å²) < 4.78 is 5.43. The molecule has 5 heteroatoms. The Hall–Kier alpha value is -1.72. The number of hydrogen-bond donors (Lipinski definition) is 1. The maximum Gasteiger partial charge on any atom is 0.241 e. The van der Waals surface area contributed by atoms with Gasteiger partial charge in [0.15, 0.2) is 0 Å². The molecule has 2 atom stereocenters. The van der Waals surface area contributed by atoms with Crippen LogP contribution in [0.25, 0.3) is 11.4 Å². The minimum absolute atomic E-state index is 0.475. The highest BCUT2D eigenvalue weighted by Gasteiger charge is 2.26. The Morgan fingerprint density at radius 1 is 1.19 bits per heavy atom. The number of aryl methyl sites for hydroxylation is 1. The van der Waals surface area contributed by atoms with E-state index in [1.165, 1.54) is 5.56 Å². The summed E-state index contributed by atoms with van der Waals surface area (Å²) in [7, 11) is 0. The number of nitrogens with zero attached hydrogens (tertiary/aromatic N) is 3. The molecule has 0 spiro atoms. The minimum atomic E-state index is 0.475. The van der Waals surface area contributed by atoms with Crippen molar-refractivity contribution in [3.05, 3.63) is 35.7 Å². The SMILES string of the molecule is Cc1ccc(-c2noc(CN3C(C)CNCC3C)n2)cc1. The predicted molar refractivity (Wildman–Crippen MR) is 81.8 cm³/mol. The molecular formula is C16H22N4O. The Labute approximate surface area is 125 Å². The first kappa shape index (κ1) is 14.2. The van der Waals surface area contributed by atoms with Crippen molar-refractivity contribution in [2.45, 2.75) is 39.4 Å². The van der Waals surface area contributed by atoms with Gasteiger partial charge in [0.1, 0.15) is 0 Å². The molecule has 0 bridgehead atoms. The molecule has 0 saturated carbocycles. The van der Waals surface area contributed by atoms with Crippen LogP contribution < -0.4 is 5.32 Å². The van der Waals surface area contributed by atoms with Crippen LogP contribution in [0.15, 0.2) is 28.8 Å². The van der Waals surface area contributed by atoms with E-state index in [1.54, 1.807) is 0 Å². The second-order valence-corrected chi connectivity index (χ2v) is 5.91. The second-order valence-electron chi connectivity index (χ2n) is 5.91. The molecule has 1 aromatic carbocycles. The van der Waals surface area contributed by atoms with E-state index in [0.29, 0.717) is 30.3 Å². The van der Waals surface area contributed by atoms with Crippen molar-refractivity contribution < 1.29 is 4.52 Å². The van der Waals surface area contributed by atoms with E-state index in [1.807, 2.05) is 12.1 Å². The van der Waals surface area contributed by atoms with Gasteiger partial charge in [0.05, 0.1) is 6.54 Å². The van der Waals surface area contributed by atoms with E-state index >= 15 is 0 Å². The first-order valence-electron chi connectivity index (χ1n) is 7.49. The summed E-state index contributed by atoms with van der Waals surface area (Å²) >= 11 is 0. The zero-order valence-corrected chi connectivity index (χ0v) is 12.8. The largest absolute Gasteiger partial charge is 0.338 e. The Bertz CT molecular complexity index is 583. The Balaban J connectivity index is 1.74. The van der Waals surface area contributed by atoms with Crippen molar-refractivity contribution >= 4 is 0 Å². The molecule has 2 aromatic rings. The molecule has 3 rings (SSSR count). The highest BCUT2D eigenvalue weighted by molar-refractivity contribution is 5.54. The smallest absolute Gasteiger partial charge is 0.241 e. The van der Waals surface area contributed by atoms with Gasteiger partial charge >= 0.3 is 0 Å². The molecular weight excluding hydrogens is 264 g/mol. The highest BCUT2D eigenvalue weighted by atomic mass is 16.5. The van der Waals surface area contributed by atoms with Gasteiger partial charge in [-0.1, -0.05) is 35.0 Å². The Kier molecular flexibility index (Phi) is 4.03. The van der Waals surface area contributed by atoms with Gasteiger partial charge in [0.2, 0.25) is 11.7 Å². The van der Waals surface area contributed by atoms with Gasteiger partial charge in [-0.15, -0.1) is 0 Å². The van der Waals surface area contributed by atoms with Crippen LogP contribution in [0.4, 0.5) is 0 Å². The Morgan fingerprint density at radius 3 is 2.52 bits per heavy atom. The molecule has 1 aliphatic rings. The van der Waals surface area contributed by atoms with Gasteiger partial charge in [0.25, 0.3) is 0 Å². The fourth-order valence-electron chi connectivity index (χ4n) is 2.78. The third kappa shape index (κ3) is 3.14. The molecule has 1 saturated heterocycles. The molecule has 112 valence electrons. The zero-order chi connectivity index (χ0) is 14.8. The third-order valence-corrected chi connectivity index (χ3v) is 4.11. The average molecular weight is 286 g/mol. The highest BCUT2D eigenvalue weighted by Crippen LogP contribution is 2.19. The summed E-state index contributed by atoms with van der Waals surface area (Å²) in [5.74, 6) is 1.35. The maximum absolute atomic E-state index is 5.43. The van der Waals surface area contributed by atoms with Crippen LogP contribution >= 0.6 is 0 Å². The summed E-state index contributed by atoms with van der Waals surface area (Å²) in [5, 5.41) is 7.53. The molecule has 0 amide bonds. The standard InChI is InChI=1S/C16H22N4O/c1-11-4-6-14(7-5-11)16-18-15(21-19-16)10-20-12(2)8-17-9-13(20)3/h4-7,12-13,17H,8-10H2,1-3H3. The molecule has 21 heavy (non-hydrogen) atoms. The predicted octanol–water partition coefficient (Wildman–Crippen LogP) is 2.23. The number of hydrogen-bond acceptors (Lipinski definition) is 5. The maximum atomic E-state index is 5.43. The number of nitrogens with one attached hydrogen (secondary N) is 1. The van der Waals surface area contributed by atoms with Crippen molar-refractivity contribution in [2.24, 2.45) is 0 Å². The quantitative estimate of drug-likeness (QED) is 0.937. The van der Waals surface area contributed by atoms with Crippen LogP contribution in [-0.2, 0) is 6.54 Å². The first-order valence-corrected chi connectivity index (χ1v) is 7.49. The van der Waals surface area contributed by atoms with Crippen LogP contribution in [0.1, 0.15) is 25.3 Å². The summed E-state index contributed by atoms with van der Waals surface area (Å²) in [5.41, 5.74) is 2.22. The molecule has 2 heterocycles. The molecule has 1 N–H and O–H groups in total. The number of rotatable bonds is 3. The van der Waals surface area contributed by atoms with E-state index in [9.17, 15) is 0 Å². The normalized spacial score (nSPS) is 23.4. The molecule has 5 nitrogen and oxygen atoms in total. The van der Waals surface area contributed by atoms with Crippen molar-refractivity contribution in [3.63, 3.8) is 0 Å². The first-order chi connectivity index (χ1) is 10.1. The van der Waals surface area contributed by atoms with Gasteiger partial charge < -0.3 is 9.84 Å². The summed E-state index contributed by atoms with van der Waals surface area (Å²) in [4.78, 5) is 6.94. The number of benzene rings is 1. The van der Waals surface area contributed by atoms with Crippen LogP contribution in [0.2, 0.25) is 0 Å². The van der Waals surface area contributed by atoms with E-state index in [2.05, 4.69) is 53.3 Å². The molecule has 1 fully saturated rings. The van der Waals surface area contributed by atoms with Crippen LogP contribution in [-0.4, -0.2) is 40.2 Å². The second kappa shape index (κ2) is 5.95. The van der Waals surface area contributed by atoms with Crippen molar-refractivity contribution in [1.29, 1.82) is 0 Å². The van der Waals surface area contributed by atoms with Gasteiger partial charge in [0, 0.05) is 30.7 Å². The Morgan fingerprint density at radius 2 is 1.86 bits per heavy atom. The fourth-order valence-corrected chi connectivity index (χ4v) is 2.78. The van der Waals surface area contributed by atoms with Crippen molar-refractivity contribution in [3.8, 4) is 11.4 Å². The topological polar surface area (TPSA) is 54.2 Å².